The Bertz CT molecular complexity index is 717. The van der Waals surface area contributed by atoms with Crippen molar-refractivity contribution in [1.29, 1.82) is 0 Å². The normalized spacial score (nSPS) is 19.0. The molecule has 1 amide bonds. The quantitative estimate of drug-likeness (QED) is 0.290. The van der Waals surface area contributed by atoms with Crippen molar-refractivity contribution < 1.29 is 14.3 Å². The van der Waals surface area contributed by atoms with Crippen LogP contribution in [0.15, 0.2) is 29.3 Å². The number of likely N-dealkylation sites (N-methyl/N-ethyl adjacent to an activating group) is 1. The van der Waals surface area contributed by atoms with Gasteiger partial charge in [-0.3, -0.25) is 4.79 Å². The van der Waals surface area contributed by atoms with Gasteiger partial charge < -0.3 is 25.0 Å². The molecule has 8 heteroatoms. The molecule has 0 saturated carbocycles. The highest BCUT2D eigenvalue weighted by atomic mass is 127. The van der Waals surface area contributed by atoms with Gasteiger partial charge in [0.2, 0.25) is 5.91 Å². The molecule has 1 aromatic rings. The SMILES string of the molecule is COc1ccc(CCNC(=NCC(=O)N(C)C)NCC2CCCOC2C(C)(C)C)cc1.I. The maximum Gasteiger partial charge on any atom is 0.243 e. The summed E-state index contributed by atoms with van der Waals surface area (Å²) in [5, 5.41) is 6.84. The molecular formula is C24H41IN4O3. The Balaban J connectivity index is 0.00000512. The van der Waals surface area contributed by atoms with Crippen molar-refractivity contribution in [3.8, 4) is 5.75 Å². The lowest BCUT2D eigenvalue weighted by atomic mass is 9.78. The van der Waals surface area contributed by atoms with Gasteiger partial charge in [0.05, 0.1) is 13.2 Å². The maximum atomic E-state index is 12.0. The van der Waals surface area contributed by atoms with Crippen molar-refractivity contribution in [2.24, 2.45) is 16.3 Å². The molecule has 1 heterocycles. The predicted molar refractivity (Wildman–Crippen MR) is 141 cm³/mol. The summed E-state index contributed by atoms with van der Waals surface area (Å²) in [4.78, 5) is 18.1. The first-order chi connectivity index (χ1) is 14.7. The van der Waals surface area contributed by atoms with Gasteiger partial charge >= 0.3 is 0 Å². The van der Waals surface area contributed by atoms with E-state index >= 15 is 0 Å². The van der Waals surface area contributed by atoms with Gasteiger partial charge in [-0.05, 0) is 42.4 Å². The highest BCUT2D eigenvalue weighted by Gasteiger charge is 2.35. The third-order valence-electron chi connectivity index (χ3n) is 5.57. The molecule has 0 spiro atoms. The zero-order valence-electron chi connectivity index (χ0n) is 20.4. The van der Waals surface area contributed by atoms with Crippen LogP contribution in [0.3, 0.4) is 0 Å². The van der Waals surface area contributed by atoms with E-state index in [9.17, 15) is 4.79 Å². The van der Waals surface area contributed by atoms with E-state index in [1.807, 2.05) is 12.1 Å². The van der Waals surface area contributed by atoms with Crippen LogP contribution in [0.1, 0.15) is 39.2 Å². The van der Waals surface area contributed by atoms with E-state index in [-0.39, 0.29) is 47.9 Å². The molecule has 1 aromatic carbocycles. The third kappa shape index (κ3) is 9.52. The van der Waals surface area contributed by atoms with Crippen LogP contribution in [0, 0.1) is 11.3 Å². The van der Waals surface area contributed by atoms with Crippen LogP contribution in [-0.4, -0.2) is 70.3 Å². The number of amides is 1. The first-order valence-corrected chi connectivity index (χ1v) is 11.2. The van der Waals surface area contributed by atoms with E-state index in [4.69, 9.17) is 9.47 Å². The summed E-state index contributed by atoms with van der Waals surface area (Å²) >= 11 is 0. The molecule has 32 heavy (non-hydrogen) atoms. The number of aliphatic imine (C=N–C) groups is 1. The molecule has 2 atom stereocenters. The second kappa shape index (κ2) is 13.9. The molecule has 7 nitrogen and oxygen atoms in total. The molecule has 2 rings (SSSR count). The number of hydrogen-bond donors (Lipinski definition) is 2. The third-order valence-corrected chi connectivity index (χ3v) is 5.57. The molecular weight excluding hydrogens is 519 g/mol. The van der Waals surface area contributed by atoms with E-state index in [1.54, 1.807) is 26.1 Å². The Morgan fingerprint density at radius 2 is 1.91 bits per heavy atom. The standard InChI is InChI=1S/C24H40N4O3.HI/c1-24(2,3)22-19(8-7-15-31-22)16-26-23(27-17-21(29)28(4)5)25-14-13-18-9-11-20(30-6)12-10-18;/h9-12,19,22H,7-8,13-17H2,1-6H3,(H2,25,26,27);1H. The van der Waals surface area contributed by atoms with Crippen LogP contribution in [0.25, 0.3) is 0 Å². The van der Waals surface area contributed by atoms with Gasteiger partial charge in [0.1, 0.15) is 12.3 Å². The zero-order chi connectivity index (χ0) is 22.9. The first kappa shape index (κ1) is 28.5. The summed E-state index contributed by atoms with van der Waals surface area (Å²) in [6, 6.07) is 8.06. The fraction of sp³-hybridized carbons (Fsp3) is 0.667. The van der Waals surface area contributed by atoms with Crippen molar-refractivity contribution in [2.45, 2.75) is 46.1 Å². The van der Waals surface area contributed by atoms with Gasteiger partial charge in [-0.2, -0.15) is 0 Å². The fourth-order valence-electron chi connectivity index (χ4n) is 3.82. The Labute approximate surface area is 210 Å². The Morgan fingerprint density at radius 1 is 1.22 bits per heavy atom. The summed E-state index contributed by atoms with van der Waals surface area (Å²) < 4.78 is 11.3. The molecule has 182 valence electrons. The summed E-state index contributed by atoms with van der Waals surface area (Å²) in [6.07, 6.45) is 3.27. The number of hydrogen-bond acceptors (Lipinski definition) is 4. The average Bonchev–Trinajstić information content (AvgIpc) is 2.74. The largest absolute Gasteiger partial charge is 0.497 e. The molecule has 0 bridgehead atoms. The number of benzene rings is 1. The monoisotopic (exact) mass is 560 g/mol. The van der Waals surface area contributed by atoms with Crippen LogP contribution in [-0.2, 0) is 16.0 Å². The maximum absolute atomic E-state index is 12.0. The van der Waals surface area contributed by atoms with E-state index in [1.165, 1.54) is 5.56 Å². The number of nitrogens with one attached hydrogen (secondary N) is 2. The zero-order valence-corrected chi connectivity index (χ0v) is 22.8. The molecule has 1 saturated heterocycles. The second-order valence-corrected chi connectivity index (χ2v) is 9.42. The lowest BCUT2D eigenvalue weighted by molar-refractivity contribution is -0.127. The topological polar surface area (TPSA) is 75.2 Å². The van der Waals surface area contributed by atoms with Crippen LogP contribution in [0.4, 0.5) is 0 Å². The molecule has 0 aromatic heterocycles. The number of halogens is 1. The number of nitrogens with zero attached hydrogens (tertiary/aromatic N) is 2. The summed E-state index contributed by atoms with van der Waals surface area (Å²) in [5.41, 5.74) is 1.30. The molecule has 2 N–H and O–H groups in total. The number of guanidine groups is 1. The number of ether oxygens (including phenoxy) is 2. The number of rotatable bonds is 8. The minimum atomic E-state index is -0.0233. The van der Waals surface area contributed by atoms with Crippen LogP contribution in [0.2, 0.25) is 0 Å². The second-order valence-electron chi connectivity index (χ2n) is 9.42. The number of carbonyl (C=O) groups excluding carboxylic acids is 1. The van der Waals surface area contributed by atoms with Crippen LogP contribution in [0.5, 0.6) is 5.75 Å². The predicted octanol–water partition coefficient (Wildman–Crippen LogP) is 3.32. The van der Waals surface area contributed by atoms with Crippen molar-refractivity contribution >= 4 is 35.8 Å². The van der Waals surface area contributed by atoms with Crippen molar-refractivity contribution in [2.75, 3.05) is 47.4 Å². The fourth-order valence-corrected chi connectivity index (χ4v) is 3.82. The van der Waals surface area contributed by atoms with Crippen LogP contribution < -0.4 is 15.4 Å². The molecule has 2 unspecified atom stereocenters. The summed E-state index contributed by atoms with van der Waals surface area (Å²) in [7, 11) is 5.16. The van der Waals surface area contributed by atoms with Gasteiger partial charge in [-0.1, -0.05) is 32.9 Å². The lowest BCUT2D eigenvalue weighted by Crippen LogP contribution is -2.48. The number of carbonyl (C=O) groups is 1. The van der Waals surface area contributed by atoms with Crippen LogP contribution >= 0.6 is 24.0 Å². The summed E-state index contributed by atoms with van der Waals surface area (Å²) in [5.74, 6) is 1.91. The van der Waals surface area contributed by atoms with E-state index in [0.29, 0.717) is 11.9 Å². The molecule has 1 fully saturated rings. The molecule has 0 radical (unpaired) electrons. The van der Waals surface area contributed by atoms with Crippen molar-refractivity contribution in [1.82, 2.24) is 15.5 Å². The Hall–Kier alpha value is -1.55. The minimum absolute atomic E-state index is 0. The van der Waals surface area contributed by atoms with Gasteiger partial charge in [-0.25, -0.2) is 4.99 Å². The summed E-state index contributed by atoms with van der Waals surface area (Å²) in [6.45, 7) is 9.13. The molecule has 1 aliphatic rings. The van der Waals surface area contributed by atoms with Crippen molar-refractivity contribution in [3.63, 3.8) is 0 Å². The lowest BCUT2D eigenvalue weighted by Gasteiger charge is -2.40. The van der Waals surface area contributed by atoms with Gasteiger partial charge in [0, 0.05) is 39.7 Å². The minimum Gasteiger partial charge on any atom is -0.497 e. The van der Waals surface area contributed by atoms with E-state index in [2.05, 4.69) is 48.5 Å². The average molecular weight is 561 g/mol. The van der Waals surface area contributed by atoms with Gasteiger partial charge in [-0.15, -0.1) is 24.0 Å². The van der Waals surface area contributed by atoms with Crippen molar-refractivity contribution in [3.05, 3.63) is 29.8 Å². The Morgan fingerprint density at radius 3 is 2.50 bits per heavy atom. The molecule has 1 aliphatic heterocycles. The number of methoxy groups -OCH3 is 1. The Kier molecular flexibility index (Phi) is 12.3. The molecule has 0 aliphatic carbocycles. The van der Waals surface area contributed by atoms with Gasteiger partial charge in [0.15, 0.2) is 5.96 Å². The van der Waals surface area contributed by atoms with Gasteiger partial charge in [0.25, 0.3) is 0 Å². The smallest absolute Gasteiger partial charge is 0.243 e. The van der Waals surface area contributed by atoms with E-state index < -0.39 is 0 Å². The van der Waals surface area contributed by atoms with E-state index in [0.717, 1.165) is 44.7 Å². The first-order valence-electron chi connectivity index (χ1n) is 11.2. The highest BCUT2D eigenvalue weighted by molar-refractivity contribution is 14.0. The highest BCUT2D eigenvalue weighted by Crippen LogP contribution is 2.33.